The van der Waals surface area contributed by atoms with Gasteiger partial charge in [0.15, 0.2) is 5.72 Å². The van der Waals surface area contributed by atoms with Gasteiger partial charge >= 0.3 is 0 Å². The molecule has 0 radical (unpaired) electrons. The minimum absolute atomic E-state index is 0.198. The summed E-state index contributed by atoms with van der Waals surface area (Å²) in [4.78, 5) is 17.4. The summed E-state index contributed by atoms with van der Waals surface area (Å²) in [5, 5.41) is 0. The molecule has 1 aromatic carbocycles. The predicted octanol–water partition coefficient (Wildman–Crippen LogP) is 3.17. The highest BCUT2D eigenvalue weighted by Gasteiger charge is 2.64. The van der Waals surface area contributed by atoms with Crippen LogP contribution in [0.1, 0.15) is 48.9 Å². The van der Waals surface area contributed by atoms with Crippen molar-refractivity contribution < 1.29 is 9.53 Å². The molecule has 3 atom stereocenters. The molecule has 1 spiro atoms. The van der Waals surface area contributed by atoms with Crippen molar-refractivity contribution in [1.82, 2.24) is 9.80 Å². The standard InChI is InChI=1S/C21H30N2O2/c1-13(2)18-12-25-21-6-7-22(19(21)10-20(24)23(18)21)11-17-15(4)8-14(3)9-16(17)5/h8-9,13,18-19H,6-7,10-12H2,1-5H3/t18-,19+,21-/m0/s1. The Morgan fingerprint density at radius 1 is 1.24 bits per heavy atom. The van der Waals surface area contributed by atoms with Crippen LogP contribution in [0.5, 0.6) is 0 Å². The molecule has 3 heterocycles. The van der Waals surface area contributed by atoms with Crippen molar-refractivity contribution in [3.8, 4) is 0 Å². The van der Waals surface area contributed by atoms with Gasteiger partial charge in [0.05, 0.1) is 18.7 Å². The number of likely N-dealkylation sites (tertiary alicyclic amines) is 1. The lowest BCUT2D eigenvalue weighted by molar-refractivity contribution is -0.139. The van der Waals surface area contributed by atoms with Gasteiger partial charge < -0.3 is 9.64 Å². The van der Waals surface area contributed by atoms with Gasteiger partial charge in [0.1, 0.15) is 0 Å². The maximum atomic E-state index is 12.8. The molecule has 3 aliphatic rings. The molecule has 136 valence electrons. The fourth-order valence-electron chi connectivity index (χ4n) is 5.31. The second kappa shape index (κ2) is 5.82. The van der Waals surface area contributed by atoms with Crippen LogP contribution in [0.25, 0.3) is 0 Å². The van der Waals surface area contributed by atoms with E-state index in [4.69, 9.17) is 4.74 Å². The van der Waals surface area contributed by atoms with Gasteiger partial charge in [0.25, 0.3) is 0 Å². The summed E-state index contributed by atoms with van der Waals surface area (Å²) in [6.07, 6.45) is 1.55. The van der Waals surface area contributed by atoms with Gasteiger partial charge in [0, 0.05) is 25.9 Å². The Hall–Kier alpha value is -1.39. The second-order valence-corrected chi connectivity index (χ2v) is 8.55. The highest BCUT2D eigenvalue weighted by atomic mass is 16.5. The van der Waals surface area contributed by atoms with Crippen LogP contribution < -0.4 is 0 Å². The smallest absolute Gasteiger partial charge is 0.226 e. The van der Waals surface area contributed by atoms with Crippen LogP contribution in [-0.4, -0.2) is 46.7 Å². The number of hydrogen-bond donors (Lipinski definition) is 0. The number of aryl methyl sites for hydroxylation is 3. The number of carbonyl (C=O) groups excluding carboxylic acids is 1. The molecule has 0 bridgehead atoms. The normalized spacial score (nSPS) is 31.9. The Balaban J connectivity index is 1.61. The first-order valence-corrected chi connectivity index (χ1v) is 9.60. The molecular weight excluding hydrogens is 312 g/mol. The zero-order chi connectivity index (χ0) is 17.9. The van der Waals surface area contributed by atoms with Crippen molar-refractivity contribution in [1.29, 1.82) is 0 Å². The van der Waals surface area contributed by atoms with Gasteiger partial charge in [-0.1, -0.05) is 31.5 Å². The lowest BCUT2D eigenvalue weighted by atomic mass is 9.98. The number of hydrogen-bond acceptors (Lipinski definition) is 3. The molecule has 4 heteroatoms. The van der Waals surface area contributed by atoms with E-state index in [-0.39, 0.29) is 23.7 Å². The van der Waals surface area contributed by atoms with Crippen LogP contribution in [0.3, 0.4) is 0 Å². The van der Waals surface area contributed by atoms with E-state index in [0.717, 1.165) is 19.5 Å². The molecule has 1 amide bonds. The maximum Gasteiger partial charge on any atom is 0.226 e. The number of rotatable bonds is 3. The molecule has 0 N–H and O–H groups in total. The molecule has 3 aliphatic heterocycles. The Bertz CT molecular complexity index is 691. The van der Waals surface area contributed by atoms with E-state index >= 15 is 0 Å². The van der Waals surface area contributed by atoms with Gasteiger partial charge in [-0.2, -0.15) is 0 Å². The second-order valence-electron chi connectivity index (χ2n) is 8.55. The summed E-state index contributed by atoms with van der Waals surface area (Å²) in [7, 11) is 0. The summed E-state index contributed by atoms with van der Waals surface area (Å²) in [5.74, 6) is 0.723. The molecule has 0 unspecified atom stereocenters. The quantitative estimate of drug-likeness (QED) is 0.846. The van der Waals surface area contributed by atoms with Crippen molar-refractivity contribution in [2.24, 2.45) is 5.92 Å². The van der Waals surface area contributed by atoms with E-state index in [1.807, 2.05) is 0 Å². The first kappa shape index (κ1) is 17.0. The van der Waals surface area contributed by atoms with Crippen molar-refractivity contribution >= 4 is 5.91 Å². The number of amides is 1. The first-order chi connectivity index (χ1) is 11.8. The Kier molecular flexibility index (Phi) is 3.97. The fraction of sp³-hybridized carbons (Fsp3) is 0.667. The summed E-state index contributed by atoms with van der Waals surface area (Å²) >= 11 is 0. The molecular formula is C21H30N2O2. The van der Waals surface area contributed by atoms with Crippen molar-refractivity contribution in [3.05, 3.63) is 34.4 Å². The molecule has 1 aromatic rings. The summed E-state index contributed by atoms with van der Waals surface area (Å²) < 4.78 is 6.34. The largest absolute Gasteiger partial charge is 0.352 e. The number of benzene rings is 1. The summed E-state index contributed by atoms with van der Waals surface area (Å²) in [6.45, 7) is 13.6. The zero-order valence-corrected chi connectivity index (χ0v) is 16.1. The average molecular weight is 342 g/mol. The van der Waals surface area contributed by atoms with Gasteiger partial charge in [-0.05, 0) is 43.4 Å². The third kappa shape index (κ3) is 2.45. The van der Waals surface area contributed by atoms with E-state index in [1.165, 1.54) is 22.3 Å². The van der Waals surface area contributed by atoms with Crippen LogP contribution in [0.4, 0.5) is 0 Å². The van der Waals surface area contributed by atoms with Crippen LogP contribution in [0.2, 0.25) is 0 Å². The van der Waals surface area contributed by atoms with Gasteiger partial charge in [-0.15, -0.1) is 0 Å². The molecule has 0 aromatic heterocycles. The number of nitrogens with zero attached hydrogens (tertiary/aromatic N) is 2. The van der Waals surface area contributed by atoms with Crippen molar-refractivity contribution in [2.75, 3.05) is 13.2 Å². The minimum Gasteiger partial charge on any atom is -0.352 e. The number of ether oxygens (including phenoxy) is 1. The Morgan fingerprint density at radius 3 is 2.56 bits per heavy atom. The lowest BCUT2D eigenvalue weighted by Gasteiger charge is -2.34. The van der Waals surface area contributed by atoms with E-state index in [1.54, 1.807) is 0 Å². The third-order valence-electron chi connectivity index (χ3n) is 6.57. The predicted molar refractivity (Wildman–Crippen MR) is 98.2 cm³/mol. The zero-order valence-electron chi connectivity index (χ0n) is 16.1. The molecule has 4 rings (SSSR count). The third-order valence-corrected chi connectivity index (χ3v) is 6.57. The maximum absolute atomic E-state index is 12.8. The van der Waals surface area contributed by atoms with Gasteiger partial charge in [-0.3, -0.25) is 9.69 Å². The Labute approximate surface area is 151 Å². The van der Waals surface area contributed by atoms with Crippen LogP contribution >= 0.6 is 0 Å². The molecule has 0 aliphatic carbocycles. The van der Waals surface area contributed by atoms with E-state index in [9.17, 15) is 4.79 Å². The van der Waals surface area contributed by atoms with E-state index in [2.05, 4.69) is 56.6 Å². The van der Waals surface area contributed by atoms with Crippen molar-refractivity contribution in [3.63, 3.8) is 0 Å². The summed E-state index contributed by atoms with van der Waals surface area (Å²) in [5.41, 5.74) is 5.07. The van der Waals surface area contributed by atoms with E-state index in [0.29, 0.717) is 18.9 Å². The van der Waals surface area contributed by atoms with Crippen LogP contribution in [0, 0.1) is 26.7 Å². The van der Waals surface area contributed by atoms with Crippen LogP contribution in [-0.2, 0) is 16.1 Å². The molecule has 3 saturated heterocycles. The molecule has 3 fully saturated rings. The highest BCUT2D eigenvalue weighted by molar-refractivity contribution is 5.82. The van der Waals surface area contributed by atoms with Gasteiger partial charge in [0.2, 0.25) is 5.91 Å². The number of carbonyl (C=O) groups is 1. The molecule has 4 nitrogen and oxygen atoms in total. The average Bonchev–Trinajstić information content (AvgIpc) is 3.13. The minimum atomic E-state index is -0.363. The summed E-state index contributed by atoms with van der Waals surface area (Å²) in [6, 6.07) is 4.96. The molecule has 25 heavy (non-hydrogen) atoms. The van der Waals surface area contributed by atoms with Crippen molar-refractivity contribution in [2.45, 2.75) is 71.8 Å². The topological polar surface area (TPSA) is 32.8 Å². The first-order valence-electron chi connectivity index (χ1n) is 9.60. The fourth-order valence-corrected chi connectivity index (χ4v) is 5.31. The van der Waals surface area contributed by atoms with Gasteiger partial charge in [-0.25, -0.2) is 0 Å². The monoisotopic (exact) mass is 342 g/mol. The molecule has 0 saturated carbocycles. The highest BCUT2D eigenvalue weighted by Crippen LogP contribution is 2.49. The Morgan fingerprint density at radius 2 is 1.92 bits per heavy atom. The lowest BCUT2D eigenvalue weighted by Crippen LogP contribution is -2.50. The van der Waals surface area contributed by atoms with E-state index < -0.39 is 0 Å². The SMILES string of the molecule is Cc1cc(C)c(CN2CC[C@@]34OC[C@@H](C(C)C)N3C(=O)C[C@@H]24)c(C)c1. The van der Waals surface area contributed by atoms with Crippen LogP contribution in [0.15, 0.2) is 12.1 Å².